The Morgan fingerprint density at radius 3 is 2.85 bits per heavy atom. The Morgan fingerprint density at radius 1 is 1.45 bits per heavy atom. The van der Waals surface area contributed by atoms with Crippen molar-refractivity contribution in [3.63, 3.8) is 0 Å². The Kier molecular flexibility index (Phi) is 4.62. The predicted molar refractivity (Wildman–Crippen MR) is 80.2 cm³/mol. The summed E-state index contributed by atoms with van der Waals surface area (Å²) in [5.74, 6) is 1.09. The fraction of sp³-hybridized carbons (Fsp3) is 0.214. The summed E-state index contributed by atoms with van der Waals surface area (Å²) in [5, 5.41) is 0.529. The normalized spacial score (nSPS) is 10.6. The van der Waals surface area contributed by atoms with Crippen LogP contribution in [-0.4, -0.2) is 13.1 Å². The van der Waals surface area contributed by atoms with Gasteiger partial charge in [-0.05, 0) is 31.2 Å². The number of anilines is 1. The van der Waals surface area contributed by atoms with Crippen LogP contribution in [0.15, 0.2) is 33.6 Å². The molecule has 2 aromatic rings. The predicted octanol–water partition coefficient (Wildman–Crippen LogP) is 3.90. The fourth-order valence-electron chi connectivity index (χ4n) is 1.67. The molecule has 0 unspecified atom stereocenters. The van der Waals surface area contributed by atoms with E-state index in [0.29, 0.717) is 22.2 Å². The summed E-state index contributed by atoms with van der Waals surface area (Å²) in [6.45, 7) is 1.81. The molecule has 0 aliphatic rings. The average molecular weight is 312 g/mol. The highest BCUT2D eigenvalue weighted by Crippen LogP contribution is 2.29. The number of rotatable bonds is 4. The van der Waals surface area contributed by atoms with Gasteiger partial charge in [-0.3, -0.25) is 0 Å². The minimum atomic E-state index is -0.464. The number of thioether (sulfide) groups is 1. The first kappa shape index (κ1) is 14.8. The molecule has 0 atom stereocenters. The van der Waals surface area contributed by atoms with E-state index in [1.165, 1.54) is 7.11 Å². The van der Waals surface area contributed by atoms with Gasteiger partial charge in [-0.15, -0.1) is 11.8 Å². The zero-order valence-corrected chi connectivity index (χ0v) is 12.7. The third kappa shape index (κ3) is 3.29. The Balaban J connectivity index is 2.07. The number of carbonyl (C=O) groups is 1. The molecule has 0 aliphatic heterocycles. The van der Waals surface area contributed by atoms with Gasteiger partial charge in [0, 0.05) is 10.5 Å². The Hall–Kier alpha value is -1.59. The monoisotopic (exact) mass is 311 g/mol. The maximum absolute atomic E-state index is 11.4. The van der Waals surface area contributed by atoms with Gasteiger partial charge < -0.3 is 14.9 Å². The van der Waals surface area contributed by atoms with Gasteiger partial charge in [-0.1, -0.05) is 11.6 Å². The van der Waals surface area contributed by atoms with E-state index in [0.717, 1.165) is 10.5 Å². The van der Waals surface area contributed by atoms with E-state index in [1.807, 2.05) is 19.1 Å². The van der Waals surface area contributed by atoms with E-state index in [-0.39, 0.29) is 5.76 Å². The SMILES string of the molecule is COC(=O)c1oc(CSc2ccc(N)c(Cl)c2)cc1C. The molecule has 0 fully saturated rings. The molecule has 2 rings (SSSR count). The van der Waals surface area contributed by atoms with Crippen LogP contribution < -0.4 is 5.73 Å². The van der Waals surface area contributed by atoms with Crippen molar-refractivity contribution in [3.05, 3.63) is 46.4 Å². The van der Waals surface area contributed by atoms with Crippen LogP contribution in [0.5, 0.6) is 0 Å². The third-order valence-corrected chi connectivity index (χ3v) is 4.04. The number of furan rings is 1. The molecule has 0 aliphatic carbocycles. The number of ether oxygens (including phenoxy) is 1. The molecule has 106 valence electrons. The van der Waals surface area contributed by atoms with Crippen molar-refractivity contribution in [1.82, 2.24) is 0 Å². The molecule has 20 heavy (non-hydrogen) atoms. The van der Waals surface area contributed by atoms with Crippen molar-refractivity contribution in [2.75, 3.05) is 12.8 Å². The van der Waals surface area contributed by atoms with Gasteiger partial charge >= 0.3 is 5.97 Å². The molecular weight excluding hydrogens is 298 g/mol. The van der Waals surface area contributed by atoms with Gasteiger partial charge in [-0.25, -0.2) is 4.79 Å². The molecule has 1 aromatic carbocycles. The minimum Gasteiger partial charge on any atom is -0.463 e. The van der Waals surface area contributed by atoms with Crippen LogP contribution in [0, 0.1) is 6.92 Å². The van der Waals surface area contributed by atoms with Crippen LogP contribution in [0.25, 0.3) is 0 Å². The first-order valence-corrected chi connectivity index (χ1v) is 7.23. The number of nitrogen functional groups attached to an aromatic ring is 1. The molecule has 0 amide bonds. The standard InChI is InChI=1S/C14H14ClNO3S/c1-8-5-9(19-13(8)14(17)18-2)7-20-10-3-4-12(16)11(15)6-10/h3-6H,7,16H2,1-2H3. The summed E-state index contributed by atoms with van der Waals surface area (Å²) in [6, 6.07) is 7.29. The molecule has 2 N–H and O–H groups in total. The molecule has 0 saturated carbocycles. The first-order chi connectivity index (χ1) is 9.51. The van der Waals surface area contributed by atoms with Gasteiger partial charge in [0.1, 0.15) is 5.76 Å². The Labute approximate surface area is 126 Å². The smallest absolute Gasteiger partial charge is 0.374 e. The number of methoxy groups -OCH3 is 1. The number of halogens is 1. The number of nitrogens with two attached hydrogens (primary N) is 1. The highest BCUT2D eigenvalue weighted by atomic mass is 35.5. The van der Waals surface area contributed by atoms with E-state index in [1.54, 1.807) is 23.9 Å². The highest BCUT2D eigenvalue weighted by molar-refractivity contribution is 7.98. The summed E-state index contributed by atoms with van der Waals surface area (Å²) < 4.78 is 10.1. The second-order valence-electron chi connectivity index (χ2n) is 4.19. The highest BCUT2D eigenvalue weighted by Gasteiger charge is 2.16. The lowest BCUT2D eigenvalue weighted by molar-refractivity contribution is 0.0562. The second kappa shape index (κ2) is 6.24. The summed E-state index contributed by atoms with van der Waals surface area (Å²) in [4.78, 5) is 12.4. The number of hydrogen-bond donors (Lipinski definition) is 1. The summed E-state index contributed by atoms with van der Waals surface area (Å²) in [7, 11) is 1.33. The van der Waals surface area contributed by atoms with Crippen LogP contribution >= 0.6 is 23.4 Å². The molecule has 0 radical (unpaired) electrons. The number of benzene rings is 1. The summed E-state index contributed by atoms with van der Waals surface area (Å²) in [6.07, 6.45) is 0. The van der Waals surface area contributed by atoms with E-state index in [9.17, 15) is 4.79 Å². The first-order valence-electron chi connectivity index (χ1n) is 5.86. The van der Waals surface area contributed by atoms with Gasteiger partial charge in [0.05, 0.1) is 23.6 Å². The number of aryl methyl sites for hydroxylation is 1. The quantitative estimate of drug-likeness (QED) is 0.527. The lowest BCUT2D eigenvalue weighted by Crippen LogP contribution is -2.00. The van der Waals surface area contributed by atoms with E-state index in [4.69, 9.17) is 21.8 Å². The van der Waals surface area contributed by atoms with Crippen LogP contribution in [0.4, 0.5) is 5.69 Å². The fourth-order valence-corrected chi connectivity index (χ4v) is 2.73. The molecular formula is C14H14ClNO3S. The summed E-state index contributed by atoms with van der Waals surface area (Å²) in [5.41, 5.74) is 6.98. The van der Waals surface area contributed by atoms with Crippen molar-refractivity contribution in [1.29, 1.82) is 0 Å². The average Bonchev–Trinajstić information content (AvgIpc) is 2.80. The zero-order chi connectivity index (χ0) is 14.7. The molecule has 6 heteroatoms. The minimum absolute atomic E-state index is 0.249. The lowest BCUT2D eigenvalue weighted by Gasteiger charge is -2.02. The molecule has 4 nitrogen and oxygen atoms in total. The molecule has 0 saturated heterocycles. The van der Waals surface area contributed by atoms with E-state index in [2.05, 4.69) is 4.74 Å². The van der Waals surface area contributed by atoms with E-state index >= 15 is 0 Å². The molecule has 0 spiro atoms. The molecule has 1 aromatic heterocycles. The third-order valence-electron chi connectivity index (χ3n) is 2.69. The topological polar surface area (TPSA) is 65.5 Å². The van der Waals surface area contributed by atoms with E-state index < -0.39 is 5.97 Å². The maximum atomic E-state index is 11.4. The van der Waals surface area contributed by atoms with Gasteiger partial charge in [0.2, 0.25) is 5.76 Å². The Bertz CT molecular complexity index is 639. The maximum Gasteiger partial charge on any atom is 0.374 e. The second-order valence-corrected chi connectivity index (χ2v) is 5.64. The Morgan fingerprint density at radius 2 is 2.20 bits per heavy atom. The van der Waals surface area contributed by atoms with Crippen molar-refractivity contribution in [3.8, 4) is 0 Å². The number of esters is 1. The van der Waals surface area contributed by atoms with Gasteiger partial charge in [-0.2, -0.15) is 0 Å². The summed E-state index contributed by atoms with van der Waals surface area (Å²) >= 11 is 7.51. The van der Waals surface area contributed by atoms with Crippen molar-refractivity contribution in [2.24, 2.45) is 0 Å². The van der Waals surface area contributed by atoms with Crippen LogP contribution in [-0.2, 0) is 10.5 Å². The van der Waals surface area contributed by atoms with Crippen molar-refractivity contribution >= 4 is 35.0 Å². The van der Waals surface area contributed by atoms with Crippen LogP contribution in [0.1, 0.15) is 21.9 Å². The number of hydrogen-bond acceptors (Lipinski definition) is 5. The van der Waals surface area contributed by atoms with Gasteiger partial charge in [0.25, 0.3) is 0 Å². The van der Waals surface area contributed by atoms with Crippen LogP contribution in [0.3, 0.4) is 0 Å². The van der Waals surface area contributed by atoms with Crippen LogP contribution in [0.2, 0.25) is 5.02 Å². The van der Waals surface area contributed by atoms with Gasteiger partial charge in [0.15, 0.2) is 0 Å². The molecule has 1 heterocycles. The zero-order valence-electron chi connectivity index (χ0n) is 11.1. The molecule has 0 bridgehead atoms. The largest absolute Gasteiger partial charge is 0.463 e. The van der Waals surface area contributed by atoms with Crippen molar-refractivity contribution < 1.29 is 13.9 Å². The van der Waals surface area contributed by atoms with Crippen molar-refractivity contribution in [2.45, 2.75) is 17.6 Å². The lowest BCUT2D eigenvalue weighted by atomic mass is 10.3. The number of carbonyl (C=O) groups excluding carboxylic acids is 1.